The smallest absolute Gasteiger partial charge is 0.0633 e. The van der Waals surface area contributed by atoms with Crippen LogP contribution in [-0.4, -0.2) is 24.7 Å². The molecule has 2 aromatic carbocycles. The van der Waals surface area contributed by atoms with Crippen molar-refractivity contribution in [1.82, 2.24) is 4.90 Å². The van der Waals surface area contributed by atoms with Crippen LogP contribution in [0.25, 0.3) is 6.08 Å². The molecule has 3 nitrogen and oxygen atoms in total. The van der Waals surface area contributed by atoms with Crippen molar-refractivity contribution in [3.63, 3.8) is 0 Å². The molecule has 0 amide bonds. The van der Waals surface area contributed by atoms with E-state index in [0.717, 1.165) is 17.7 Å². The first-order valence-electron chi connectivity index (χ1n) is 6.91. The zero-order chi connectivity index (χ0) is 15.2. The van der Waals surface area contributed by atoms with Gasteiger partial charge in [0.2, 0.25) is 0 Å². The summed E-state index contributed by atoms with van der Waals surface area (Å²) in [4.78, 5) is 2.14. The van der Waals surface area contributed by atoms with Crippen LogP contribution in [0.5, 0.6) is 0 Å². The van der Waals surface area contributed by atoms with Gasteiger partial charge in [-0.15, -0.1) is 0 Å². The molecule has 0 aromatic heterocycles. The highest BCUT2D eigenvalue weighted by atomic mass is 15.0. The second kappa shape index (κ2) is 6.86. The summed E-state index contributed by atoms with van der Waals surface area (Å²) in [5.74, 6) is 0. The monoisotopic (exact) mass is 279 g/mol. The number of nitrogens with zero attached hydrogens (tertiary/aromatic N) is 1. The molecule has 3 heteroatoms. The van der Waals surface area contributed by atoms with E-state index in [1.54, 1.807) is 6.08 Å². The van der Waals surface area contributed by atoms with Crippen LogP contribution in [0, 0.1) is 5.41 Å². The first-order valence-corrected chi connectivity index (χ1v) is 6.91. The third kappa shape index (κ3) is 4.29. The van der Waals surface area contributed by atoms with E-state index in [-0.39, 0.29) is 0 Å². The van der Waals surface area contributed by atoms with E-state index in [2.05, 4.69) is 43.3 Å². The van der Waals surface area contributed by atoms with Crippen molar-refractivity contribution in [2.75, 3.05) is 19.8 Å². The number of nitrogens with one attached hydrogen (secondary N) is 1. The molecular formula is C18H21N3. The lowest BCUT2D eigenvalue weighted by Gasteiger charge is -2.09. The van der Waals surface area contributed by atoms with Crippen molar-refractivity contribution in [2.45, 2.75) is 6.54 Å². The number of rotatable bonds is 5. The second-order valence-electron chi connectivity index (χ2n) is 5.31. The summed E-state index contributed by atoms with van der Waals surface area (Å²) in [6, 6.07) is 15.8. The maximum absolute atomic E-state index is 8.08. The molecule has 0 saturated carbocycles. The van der Waals surface area contributed by atoms with Gasteiger partial charge in [-0.2, -0.15) is 0 Å². The molecule has 0 radical (unpaired) electrons. The number of nitrogen functional groups attached to an aromatic ring is 1. The highest BCUT2D eigenvalue weighted by Gasteiger charge is 2.01. The molecular weight excluding hydrogens is 258 g/mol. The highest BCUT2D eigenvalue weighted by Crippen LogP contribution is 2.13. The SMILES string of the molecule is CN(C)Cc1ccc(/C=C/C(=N)c2ccccc2N)cc1. The molecule has 2 aromatic rings. The van der Waals surface area contributed by atoms with E-state index in [1.807, 2.05) is 30.3 Å². The van der Waals surface area contributed by atoms with Gasteiger partial charge in [-0.25, -0.2) is 0 Å². The predicted molar refractivity (Wildman–Crippen MR) is 90.6 cm³/mol. The standard InChI is InChI=1S/C18H21N3/c1-21(2)13-15-9-7-14(8-10-15)11-12-18(20)16-5-3-4-6-17(16)19/h3-12,20H,13,19H2,1-2H3/b12-11+,20-18?. The molecule has 0 saturated heterocycles. The number of hydrogen-bond donors (Lipinski definition) is 2. The average molecular weight is 279 g/mol. The van der Waals surface area contributed by atoms with Gasteiger partial charge in [-0.3, -0.25) is 0 Å². The Morgan fingerprint density at radius 3 is 2.38 bits per heavy atom. The number of hydrogen-bond acceptors (Lipinski definition) is 3. The summed E-state index contributed by atoms with van der Waals surface area (Å²) < 4.78 is 0. The summed E-state index contributed by atoms with van der Waals surface area (Å²) in [6.45, 7) is 0.931. The minimum Gasteiger partial charge on any atom is -0.398 e. The van der Waals surface area contributed by atoms with E-state index in [9.17, 15) is 0 Å². The fraction of sp³-hybridized carbons (Fsp3) is 0.167. The largest absolute Gasteiger partial charge is 0.398 e. The second-order valence-corrected chi connectivity index (χ2v) is 5.31. The van der Waals surface area contributed by atoms with Crippen LogP contribution in [0.1, 0.15) is 16.7 Å². The molecule has 0 heterocycles. The Balaban J connectivity index is 2.07. The van der Waals surface area contributed by atoms with Crippen LogP contribution >= 0.6 is 0 Å². The maximum Gasteiger partial charge on any atom is 0.0633 e. The van der Waals surface area contributed by atoms with E-state index < -0.39 is 0 Å². The number of nitrogens with two attached hydrogens (primary N) is 1. The Morgan fingerprint density at radius 1 is 1.10 bits per heavy atom. The quantitative estimate of drug-likeness (QED) is 0.651. The van der Waals surface area contributed by atoms with Crippen molar-refractivity contribution in [1.29, 1.82) is 5.41 Å². The average Bonchev–Trinajstić information content (AvgIpc) is 2.46. The highest BCUT2D eigenvalue weighted by molar-refractivity contribution is 6.11. The molecule has 2 rings (SSSR count). The number of allylic oxidation sites excluding steroid dienone is 1. The molecule has 3 N–H and O–H groups in total. The zero-order valence-electron chi connectivity index (χ0n) is 12.5. The summed E-state index contributed by atoms with van der Waals surface area (Å²) in [6.07, 6.45) is 3.72. The fourth-order valence-corrected chi connectivity index (χ4v) is 2.11. The first-order chi connectivity index (χ1) is 10.1. The van der Waals surface area contributed by atoms with Crippen LogP contribution in [0.3, 0.4) is 0 Å². The molecule has 0 spiro atoms. The van der Waals surface area contributed by atoms with E-state index in [1.165, 1.54) is 5.56 Å². The van der Waals surface area contributed by atoms with Crippen molar-refractivity contribution >= 4 is 17.5 Å². The minimum absolute atomic E-state index is 0.422. The molecule has 0 bridgehead atoms. The molecule has 0 atom stereocenters. The van der Waals surface area contributed by atoms with E-state index in [4.69, 9.17) is 11.1 Å². The summed E-state index contributed by atoms with van der Waals surface area (Å²) in [5.41, 5.74) is 10.1. The van der Waals surface area contributed by atoms with Gasteiger partial charge in [0, 0.05) is 17.8 Å². The lowest BCUT2D eigenvalue weighted by Crippen LogP contribution is -2.10. The Bertz CT molecular complexity index is 640. The van der Waals surface area contributed by atoms with Gasteiger partial charge < -0.3 is 16.0 Å². The minimum atomic E-state index is 0.422. The Hall–Kier alpha value is -2.39. The molecule has 0 unspecified atom stereocenters. The fourth-order valence-electron chi connectivity index (χ4n) is 2.11. The van der Waals surface area contributed by atoms with Gasteiger partial charge >= 0.3 is 0 Å². The van der Waals surface area contributed by atoms with Crippen molar-refractivity contribution < 1.29 is 0 Å². The maximum atomic E-state index is 8.08. The van der Waals surface area contributed by atoms with Gasteiger partial charge in [0.1, 0.15) is 0 Å². The number of benzene rings is 2. The van der Waals surface area contributed by atoms with Crippen LogP contribution in [-0.2, 0) is 6.54 Å². The molecule has 0 fully saturated rings. The molecule has 0 aliphatic carbocycles. The van der Waals surface area contributed by atoms with Crippen LogP contribution in [0.2, 0.25) is 0 Å². The van der Waals surface area contributed by atoms with E-state index in [0.29, 0.717) is 11.4 Å². The zero-order valence-corrected chi connectivity index (χ0v) is 12.5. The molecule has 21 heavy (non-hydrogen) atoms. The van der Waals surface area contributed by atoms with Gasteiger partial charge in [0.05, 0.1) is 5.71 Å². The first kappa shape index (κ1) is 15.0. The third-order valence-electron chi connectivity index (χ3n) is 3.17. The summed E-state index contributed by atoms with van der Waals surface area (Å²) in [7, 11) is 4.11. The number of anilines is 1. The third-order valence-corrected chi connectivity index (χ3v) is 3.17. The molecule has 108 valence electrons. The lowest BCUT2D eigenvalue weighted by molar-refractivity contribution is 0.402. The van der Waals surface area contributed by atoms with Gasteiger partial charge in [-0.1, -0.05) is 48.5 Å². The van der Waals surface area contributed by atoms with Crippen LogP contribution < -0.4 is 5.73 Å². The lowest BCUT2D eigenvalue weighted by atomic mass is 10.1. The van der Waals surface area contributed by atoms with Crippen molar-refractivity contribution in [3.05, 3.63) is 71.3 Å². The van der Waals surface area contributed by atoms with E-state index >= 15 is 0 Å². The van der Waals surface area contributed by atoms with Crippen LogP contribution in [0.4, 0.5) is 5.69 Å². The van der Waals surface area contributed by atoms with Crippen molar-refractivity contribution in [3.8, 4) is 0 Å². The normalized spacial score (nSPS) is 11.2. The molecule has 0 aliphatic rings. The van der Waals surface area contributed by atoms with Gasteiger partial charge in [-0.05, 0) is 37.4 Å². The van der Waals surface area contributed by atoms with Gasteiger partial charge in [0.15, 0.2) is 0 Å². The van der Waals surface area contributed by atoms with Crippen LogP contribution in [0.15, 0.2) is 54.6 Å². The predicted octanol–water partition coefficient (Wildman–Crippen LogP) is 3.41. The van der Waals surface area contributed by atoms with Crippen molar-refractivity contribution in [2.24, 2.45) is 0 Å². The molecule has 0 aliphatic heterocycles. The Labute approximate surface area is 126 Å². The van der Waals surface area contributed by atoms with Gasteiger partial charge in [0.25, 0.3) is 0 Å². The summed E-state index contributed by atoms with van der Waals surface area (Å²) >= 11 is 0. The Morgan fingerprint density at radius 2 is 1.76 bits per heavy atom. The Kier molecular flexibility index (Phi) is 4.90. The topological polar surface area (TPSA) is 53.1 Å². The number of para-hydroxylation sites is 1. The summed E-state index contributed by atoms with van der Waals surface area (Å²) in [5, 5.41) is 8.08.